The van der Waals surface area contributed by atoms with Gasteiger partial charge < -0.3 is 20.7 Å². The topological polar surface area (TPSA) is 67.6 Å². The van der Waals surface area contributed by atoms with Crippen molar-refractivity contribution in [1.29, 1.82) is 0 Å². The van der Waals surface area contributed by atoms with Gasteiger partial charge >= 0.3 is 0 Å². The molecule has 132 valence electrons. The van der Waals surface area contributed by atoms with Crippen LogP contribution in [-0.4, -0.2) is 37.7 Å². The van der Waals surface area contributed by atoms with E-state index in [4.69, 9.17) is 10.5 Å². The van der Waals surface area contributed by atoms with Gasteiger partial charge in [-0.2, -0.15) is 0 Å². The summed E-state index contributed by atoms with van der Waals surface area (Å²) >= 11 is 0. The number of carbonyl (C=O) groups is 1. The zero-order chi connectivity index (χ0) is 15.5. The van der Waals surface area contributed by atoms with E-state index in [9.17, 15) is 4.79 Å². The van der Waals surface area contributed by atoms with Gasteiger partial charge in [0.15, 0.2) is 0 Å². The summed E-state index contributed by atoms with van der Waals surface area (Å²) in [6, 6.07) is 8.15. The maximum Gasteiger partial charge on any atom is 0.239 e. The number of hydrogen-bond donors (Lipinski definition) is 2. The first-order valence-corrected chi connectivity index (χ1v) is 7.39. The van der Waals surface area contributed by atoms with E-state index in [0.29, 0.717) is 0 Å². The predicted molar refractivity (Wildman–Crippen MR) is 99.1 cm³/mol. The van der Waals surface area contributed by atoms with Crippen LogP contribution in [0.15, 0.2) is 24.3 Å². The molecule has 1 atom stereocenters. The van der Waals surface area contributed by atoms with Crippen molar-refractivity contribution in [2.45, 2.75) is 38.3 Å². The van der Waals surface area contributed by atoms with Crippen LogP contribution in [0.2, 0.25) is 0 Å². The Morgan fingerprint density at radius 2 is 2.09 bits per heavy atom. The molecule has 0 radical (unpaired) electrons. The number of halogens is 2. The number of ether oxygens (including phenoxy) is 1. The first kappa shape index (κ1) is 21.8. The van der Waals surface area contributed by atoms with Gasteiger partial charge in [-0.15, -0.1) is 24.8 Å². The number of methoxy groups -OCH3 is 1. The molecule has 1 saturated heterocycles. The normalized spacial score (nSPS) is 17.6. The van der Waals surface area contributed by atoms with Crippen LogP contribution in [-0.2, 0) is 4.79 Å². The highest BCUT2D eigenvalue weighted by Gasteiger charge is 2.27. The molecule has 1 amide bonds. The molecule has 1 unspecified atom stereocenters. The number of carbonyl (C=O) groups excluding carboxylic acids is 1. The Morgan fingerprint density at radius 3 is 2.70 bits per heavy atom. The lowest BCUT2D eigenvalue weighted by atomic mass is 10.0. The van der Waals surface area contributed by atoms with Gasteiger partial charge in [0.1, 0.15) is 5.75 Å². The molecule has 0 saturated carbocycles. The van der Waals surface area contributed by atoms with Crippen molar-refractivity contribution in [3.05, 3.63) is 24.3 Å². The second kappa shape index (κ2) is 9.21. The van der Waals surface area contributed by atoms with Crippen molar-refractivity contribution in [1.82, 2.24) is 5.32 Å². The number of piperidine rings is 1. The van der Waals surface area contributed by atoms with E-state index in [1.165, 1.54) is 0 Å². The third-order valence-electron chi connectivity index (χ3n) is 3.76. The summed E-state index contributed by atoms with van der Waals surface area (Å²) < 4.78 is 5.27. The minimum absolute atomic E-state index is 0. The average molecular weight is 364 g/mol. The molecule has 0 aliphatic carbocycles. The van der Waals surface area contributed by atoms with Gasteiger partial charge in [0.05, 0.1) is 12.6 Å². The summed E-state index contributed by atoms with van der Waals surface area (Å²) in [6.45, 7) is 5.25. The standard InChI is InChI=1S/C16H25N3O2.2ClH/c1-16(2,17)15(20)18-12-6-5-9-19(11-12)13-7-4-8-14(10-13)21-3;;/h4,7-8,10,12H,5-6,9,11,17H2,1-3H3,(H,18,20);2*1H. The van der Waals surface area contributed by atoms with Crippen molar-refractivity contribution in [2.75, 3.05) is 25.1 Å². The summed E-state index contributed by atoms with van der Waals surface area (Å²) in [5.41, 5.74) is 6.13. The van der Waals surface area contributed by atoms with E-state index in [2.05, 4.69) is 16.3 Å². The Labute approximate surface area is 150 Å². The molecule has 1 heterocycles. The fourth-order valence-corrected chi connectivity index (χ4v) is 2.51. The van der Waals surface area contributed by atoms with E-state index in [0.717, 1.165) is 37.4 Å². The highest BCUT2D eigenvalue weighted by Crippen LogP contribution is 2.24. The van der Waals surface area contributed by atoms with Crippen LogP contribution in [0.4, 0.5) is 5.69 Å². The van der Waals surface area contributed by atoms with Crippen LogP contribution in [0.25, 0.3) is 0 Å². The van der Waals surface area contributed by atoms with E-state index in [-0.39, 0.29) is 36.8 Å². The molecule has 5 nitrogen and oxygen atoms in total. The van der Waals surface area contributed by atoms with Gasteiger partial charge in [-0.05, 0) is 38.8 Å². The van der Waals surface area contributed by atoms with Gasteiger partial charge in [0.2, 0.25) is 5.91 Å². The SMILES string of the molecule is COc1cccc(N2CCCC(NC(=O)C(C)(C)N)C2)c1.Cl.Cl. The summed E-state index contributed by atoms with van der Waals surface area (Å²) in [5.74, 6) is 0.752. The van der Waals surface area contributed by atoms with Crippen molar-refractivity contribution in [3.63, 3.8) is 0 Å². The smallest absolute Gasteiger partial charge is 0.239 e. The van der Waals surface area contributed by atoms with Gasteiger partial charge in [-0.1, -0.05) is 6.07 Å². The van der Waals surface area contributed by atoms with Crippen LogP contribution < -0.4 is 20.7 Å². The highest BCUT2D eigenvalue weighted by molar-refractivity contribution is 5.86. The lowest BCUT2D eigenvalue weighted by Crippen LogP contribution is -2.55. The number of nitrogens with two attached hydrogens (primary N) is 1. The third kappa shape index (κ3) is 6.09. The molecule has 1 aliphatic heterocycles. The molecule has 1 fully saturated rings. The third-order valence-corrected chi connectivity index (χ3v) is 3.76. The largest absolute Gasteiger partial charge is 0.497 e. The minimum atomic E-state index is -0.835. The zero-order valence-electron chi connectivity index (χ0n) is 13.9. The van der Waals surface area contributed by atoms with E-state index in [1.54, 1.807) is 21.0 Å². The fourth-order valence-electron chi connectivity index (χ4n) is 2.51. The molecule has 7 heteroatoms. The summed E-state index contributed by atoms with van der Waals surface area (Å²) in [6.07, 6.45) is 2.04. The van der Waals surface area contributed by atoms with Crippen molar-refractivity contribution >= 4 is 36.4 Å². The summed E-state index contributed by atoms with van der Waals surface area (Å²) in [5, 5.41) is 3.05. The number of rotatable bonds is 4. The zero-order valence-corrected chi connectivity index (χ0v) is 15.5. The quantitative estimate of drug-likeness (QED) is 0.861. The molecular weight excluding hydrogens is 337 g/mol. The number of anilines is 1. The molecule has 3 N–H and O–H groups in total. The van der Waals surface area contributed by atoms with E-state index in [1.807, 2.05) is 18.2 Å². The van der Waals surface area contributed by atoms with E-state index >= 15 is 0 Å². The van der Waals surface area contributed by atoms with Crippen molar-refractivity contribution < 1.29 is 9.53 Å². The van der Waals surface area contributed by atoms with Crippen LogP contribution in [0.3, 0.4) is 0 Å². The molecule has 1 aromatic carbocycles. The lowest BCUT2D eigenvalue weighted by molar-refractivity contribution is -0.126. The van der Waals surface area contributed by atoms with Gasteiger partial charge in [0.25, 0.3) is 0 Å². The van der Waals surface area contributed by atoms with Crippen LogP contribution in [0, 0.1) is 0 Å². The van der Waals surface area contributed by atoms with Crippen molar-refractivity contribution in [2.24, 2.45) is 5.73 Å². The van der Waals surface area contributed by atoms with Gasteiger partial charge in [0, 0.05) is 30.9 Å². The molecule has 0 spiro atoms. The molecule has 1 aliphatic rings. The summed E-state index contributed by atoms with van der Waals surface area (Å²) in [7, 11) is 1.67. The molecule has 0 aromatic heterocycles. The van der Waals surface area contributed by atoms with Crippen LogP contribution >= 0.6 is 24.8 Å². The Balaban J connectivity index is 0.00000242. The lowest BCUT2D eigenvalue weighted by Gasteiger charge is -2.36. The Morgan fingerprint density at radius 1 is 1.39 bits per heavy atom. The fraction of sp³-hybridized carbons (Fsp3) is 0.562. The number of nitrogens with zero attached hydrogens (tertiary/aromatic N) is 1. The Hall–Kier alpha value is -1.17. The van der Waals surface area contributed by atoms with Gasteiger partial charge in [-0.3, -0.25) is 4.79 Å². The first-order chi connectivity index (χ1) is 9.90. The van der Waals surface area contributed by atoms with Crippen LogP contribution in [0.1, 0.15) is 26.7 Å². The highest BCUT2D eigenvalue weighted by atomic mass is 35.5. The molecular formula is C16H27Cl2N3O2. The molecule has 23 heavy (non-hydrogen) atoms. The number of benzene rings is 1. The number of amides is 1. The maximum absolute atomic E-state index is 12.0. The number of hydrogen-bond acceptors (Lipinski definition) is 4. The Kier molecular flexibility index (Phi) is 8.74. The minimum Gasteiger partial charge on any atom is -0.497 e. The summed E-state index contributed by atoms with van der Waals surface area (Å²) in [4.78, 5) is 14.3. The second-order valence-electron chi connectivity index (χ2n) is 6.18. The Bertz CT molecular complexity index is 506. The van der Waals surface area contributed by atoms with E-state index < -0.39 is 5.54 Å². The van der Waals surface area contributed by atoms with Crippen LogP contribution in [0.5, 0.6) is 5.75 Å². The van der Waals surface area contributed by atoms with Gasteiger partial charge in [-0.25, -0.2) is 0 Å². The second-order valence-corrected chi connectivity index (χ2v) is 6.18. The molecule has 0 bridgehead atoms. The average Bonchev–Trinajstić information content (AvgIpc) is 2.46. The molecule has 1 aromatic rings. The maximum atomic E-state index is 12.0. The predicted octanol–water partition coefficient (Wildman–Crippen LogP) is 2.36. The van der Waals surface area contributed by atoms with Crippen molar-refractivity contribution in [3.8, 4) is 5.75 Å². The molecule has 2 rings (SSSR count). The first-order valence-electron chi connectivity index (χ1n) is 7.39. The number of nitrogens with one attached hydrogen (secondary N) is 1. The monoisotopic (exact) mass is 363 g/mol.